The van der Waals surface area contributed by atoms with Gasteiger partial charge in [0.1, 0.15) is 11.5 Å². The largest absolute Gasteiger partial charge is 0.495 e. The summed E-state index contributed by atoms with van der Waals surface area (Å²) in [7, 11) is 1.74. The van der Waals surface area contributed by atoms with Gasteiger partial charge in [0.15, 0.2) is 0 Å². The quantitative estimate of drug-likeness (QED) is 0.563. The van der Waals surface area contributed by atoms with Crippen LogP contribution in [-0.2, 0) is 10.2 Å². The third-order valence-electron chi connectivity index (χ3n) is 7.66. The lowest BCUT2D eigenvalue weighted by molar-refractivity contribution is -0.129. The summed E-state index contributed by atoms with van der Waals surface area (Å²) in [5.41, 5.74) is 1.96. The van der Waals surface area contributed by atoms with Crippen LogP contribution in [0.3, 0.4) is 0 Å². The van der Waals surface area contributed by atoms with E-state index in [4.69, 9.17) is 4.74 Å². The summed E-state index contributed by atoms with van der Waals surface area (Å²) in [6.07, 6.45) is 6.71. The topological polar surface area (TPSA) is 32.8 Å². The van der Waals surface area contributed by atoms with Crippen molar-refractivity contribution in [1.82, 2.24) is 4.90 Å². The monoisotopic (exact) mass is 434 g/mol. The van der Waals surface area contributed by atoms with Crippen LogP contribution in [0.4, 0.5) is 5.69 Å². The number of hydrogen-bond acceptors (Lipinski definition) is 4. The first-order valence-electron chi connectivity index (χ1n) is 12.3. The number of ketones is 1. The Morgan fingerprint density at radius 2 is 1.59 bits per heavy atom. The molecule has 172 valence electrons. The second kappa shape index (κ2) is 10.5. The van der Waals surface area contributed by atoms with Gasteiger partial charge in [0.2, 0.25) is 0 Å². The van der Waals surface area contributed by atoms with Gasteiger partial charge in [0.25, 0.3) is 0 Å². The van der Waals surface area contributed by atoms with Gasteiger partial charge in [-0.25, -0.2) is 0 Å². The zero-order chi connectivity index (χ0) is 22.4. The summed E-state index contributed by atoms with van der Waals surface area (Å²) < 4.78 is 5.56. The first-order chi connectivity index (χ1) is 15.6. The molecular formula is C28H38N2O2. The molecule has 2 fully saturated rings. The average molecular weight is 435 g/mol. The Morgan fingerprint density at radius 3 is 2.28 bits per heavy atom. The third kappa shape index (κ3) is 5.01. The maximum Gasteiger partial charge on any atom is 0.146 e. The molecule has 0 bridgehead atoms. The predicted octanol–water partition coefficient (Wildman–Crippen LogP) is 5.31. The summed E-state index contributed by atoms with van der Waals surface area (Å²) in [5, 5.41) is 0. The number of Topliss-reactive ketones (excluding diaryl/α,β-unsaturated/α-hetero) is 1. The molecule has 1 aliphatic carbocycles. The van der Waals surface area contributed by atoms with Crippen LogP contribution < -0.4 is 9.64 Å². The second-order valence-electron chi connectivity index (χ2n) is 9.65. The number of para-hydroxylation sites is 2. The Balaban J connectivity index is 1.41. The summed E-state index contributed by atoms with van der Waals surface area (Å²) in [6, 6.07) is 18.8. The molecule has 2 aromatic carbocycles. The molecule has 0 amide bonds. The highest BCUT2D eigenvalue weighted by molar-refractivity contribution is 5.91. The molecule has 4 rings (SSSR count). The molecule has 4 heteroatoms. The molecule has 1 saturated carbocycles. The van der Waals surface area contributed by atoms with Crippen molar-refractivity contribution in [3.63, 3.8) is 0 Å². The van der Waals surface area contributed by atoms with Crippen LogP contribution in [0.2, 0.25) is 0 Å². The smallest absolute Gasteiger partial charge is 0.146 e. The van der Waals surface area contributed by atoms with E-state index in [2.05, 4.69) is 53.1 Å². The van der Waals surface area contributed by atoms with Crippen molar-refractivity contribution in [2.75, 3.05) is 44.7 Å². The number of carbonyl (C=O) groups excluding carboxylic acids is 1. The lowest BCUT2D eigenvalue weighted by Crippen LogP contribution is -2.48. The normalized spacial score (nSPS) is 20.0. The molecular weight excluding hydrogens is 396 g/mol. The average Bonchev–Trinajstić information content (AvgIpc) is 2.88. The number of nitrogens with zero attached hydrogens (tertiary/aromatic N) is 2. The summed E-state index contributed by atoms with van der Waals surface area (Å²) in [6.45, 7) is 7.16. The van der Waals surface area contributed by atoms with Gasteiger partial charge >= 0.3 is 0 Å². The molecule has 0 spiro atoms. The number of benzene rings is 2. The number of hydrogen-bond donors (Lipinski definition) is 0. The van der Waals surface area contributed by atoms with Crippen molar-refractivity contribution in [3.8, 4) is 5.75 Å². The van der Waals surface area contributed by atoms with Crippen molar-refractivity contribution in [2.24, 2.45) is 5.92 Å². The second-order valence-corrected chi connectivity index (χ2v) is 9.65. The van der Waals surface area contributed by atoms with Gasteiger partial charge < -0.3 is 9.64 Å². The van der Waals surface area contributed by atoms with E-state index in [-0.39, 0.29) is 5.92 Å². The van der Waals surface area contributed by atoms with Gasteiger partial charge in [-0.1, -0.05) is 61.7 Å². The van der Waals surface area contributed by atoms with Crippen molar-refractivity contribution in [2.45, 2.75) is 50.9 Å². The lowest BCUT2D eigenvalue weighted by Gasteiger charge is -2.39. The molecule has 1 aliphatic heterocycles. The molecule has 0 aromatic heterocycles. The van der Waals surface area contributed by atoms with Crippen LogP contribution in [0, 0.1) is 5.92 Å². The highest BCUT2D eigenvalue weighted by atomic mass is 16.5. The first kappa shape index (κ1) is 22.8. The Morgan fingerprint density at radius 1 is 0.938 bits per heavy atom. The highest BCUT2D eigenvalue weighted by Crippen LogP contribution is 2.37. The molecule has 1 atom stereocenters. The van der Waals surface area contributed by atoms with Gasteiger partial charge in [0, 0.05) is 32.1 Å². The zero-order valence-corrected chi connectivity index (χ0v) is 19.8. The van der Waals surface area contributed by atoms with Crippen molar-refractivity contribution >= 4 is 11.5 Å². The Kier molecular flexibility index (Phi) is 7.51. The standard InChI is InChI=1S/C28H38N2O2/c1-28(24-13-7-4-8-14-24,27(31)23-11-5-3-6-12-23)17-18-29-19-21-30(22-20-29)25-15-9-10-16-26(25)32-2/h4,7-10,13-16,23H,3,5-6,11-12,17-22H2,1-2H3/t28-/m1/s1. The van der Waals surface area contributed by atoms with Crippen molar-refractivity contribution in [1.29, 1.82) is 0 Å². The first-order valence-corrected chi connectivity index (χ1v) is 12.3. The Labute approximate surface area is 193 Å². The fourth-order valence-corrected chi connectivity index (χ4v) is 5.52. The Bertz CT molecular complexity index is 870. The van der Waals surface area contributed by atoms with Gasteiger partial charge in [-0.3, -0.25) is 9.69 Å². The number of ether oxygens (including phenoxy) is 1. The fraction of sp³-hybridized carbons (Fsp3) is 0.536. The van der Waals surface area contributed by atoms with E-state index < -0.39 is 5.41 Å². The molecule has 0 unspecified atom stereocenters. The molecule has 2 aliphatic rings. The van der Waals surface area contributed by atoms with E-state index in [9.17, 15) is 4.79 Å². The molecule has 0 radical (unpaired) electrons. The third-order valence-corrected chi connectivity index (χ3v) is 7.66. The van der Waals surface area contributed by atoms with E-state index in [1.165, 1.54) is 30.5 Å². The van der Waals surface area contributed by atoms with Crippen LogP contribution in [0.5, 0.6) is 5.75 Å². The maximum absolute atomic E-state index is 13.8. The minimum absolute atomic E-state index is 0.233. The number of rotatable bonds is 8. The van der Waals surface area contributed by atoms with E-state index in [0.717, 1.165) is 57.7 Å². The molecule has 1 heterocycles. The minimum atomic E-state index is -0.400. The molecule has 4 nitrogen and oxygen atoms in total. The van der Waals surface area contributed by atoms with Gasteiger partial charge in [0.05, 0.1) is 18.2 Å². The number of anilines is 1. The summed E-state index contributed by atoms with van der Waals surface area (Å²) in [4.78, 5) is 18.7. The predicted molar refractivity (Wildman–Crippen MR) is 132 cm³/mol. The summed E-state index contributed by atoms with van der Waals surface area (Å²) >= 11 is 0. The van der Waals surface area contributed by atoms with Crippen LogP contribution in [0.25, 0.3) is 0 Å². The Hall–Kier alpha value is -2.33. The number of methoxy groups -OCH3 is 1. The SMILES string of the molecule is COc1ccccc1N1CCN(CC[C@@](C)(C(=O)C2CCCCC2)c2ccccc2)CC1. The van der Waals surface area contributed by atoms with Crippen molar-refractivity contribution < 1.29 is 9.53 Å². The molecule has 2 aromatic rings. The van der Waals surface area contributed by atoms with Gasteiger partial charge in [-0.05, 0) is 50.4 Å². The summed E-state index contributed by atoms with van der Waals surface area (Å²) in [5.74, 6) is 1.64. The number of carbonyl (C=O) groups is 1. The number of piperazine rings is 1. The maximum atomic E-state index is 13.8. The lowest BCUT2D eigenvalue weighted by atomic mass is 9.69. The minimum Gasteiger partial charge on any atom is -0.495 e. The van der Waals surface area contributed by atoms with E-state index in [1.807, 2.05) is 18.2 Å². The molecule has 32 heavy (non-hydrogen) atoms. The molecule has 1 saturated heterocycles. The fourth-order valence-electron chi connectivity index (χ4n) is 5.52. The zero-order valence-electron chi connectivity index (χ0n) is 19.8. The van der Waals surface area contributed by atoms with E-state index in [1.54, 1.807) is 7.11 Å². The van der Waals surface area contributed by atoms with Gasteiger partial charge in [-0.15, -0.1) is 0 Å². The van der Waals surface area contributed by atoms with E-state index in [0.29, 0.717) is 5.78 Å². The van der Waals surface area contributed by atoms with Crippen molar-refractivity contribution in [3.05, 3.63) is 60.2 Å². The van der Waals surface area contributed by atoms with Crippen LogP contribution in [0.1, 0.15) is 51.0 Å². The van der Waals surface area contributed by atoms with E-state index >= 15 is 0 Å². The molecule has 0 N–H and O–H groups in total. The van der Waals surface area contributed by atoms with Gasteiger partial charge in [-0.2, -0.15) is 0 Å². The van der Waals surface area contributed by atoms with Crippen LogP contribution in [-0.4, -0.2) is 50.5 Å². The van der Waals surface area contributed by atoms with Crippen LogP contribution in [0.15, 0.2) is 54.6 Å². The van der Waals surface area contributed by atoms with Crippen LogP contribution >= 0.6 is 0 Å². The highest BCUT2D eigenvalue weighted by Gasteiger charge is 2.39.